The highest BCUT2D eigenvalue weighted by Gasteiger charge is 2.32. The van der Waals surface area contributed by atoms with E-state index in [1.807, 2.05) is 0 Å². The summed E-state index contributed by atoms with van der Waals surface area (Å²) in [7, 11) is 0. The lowest BCUT2D eigenvalue weighted by Crippen LogP contribution is -2.09. The van der Waals surface area contributed by atoms with E-state index in [-0.39, 0.29) is 4.88 Å². The minimum absolute atomic E-state index is 0.141. The largest absolute Gasteiger partial charge is 0.416 e. The first-order chi connectivity index (χ1) is 9.20. The average molecular weight is 432 g/mol. The van der Waals surface area contributed by atoms with E-state index < -0.39 is 28.9 Å². The lowest BCUT2D eigenvalue weighted by molar-refractivity contribution is -0.137. The Morgan fingerprint density at radius 3 is 2.30 bits per heavy atom. The molecule has 2 aromatic rings. The third-order valence-corrected chi connectivity index (χ3v) is 5.66. The Morgan fingerprint density at radius 2 is 1.80 bits per heavy atom. The highest BCUT2D eigenvalue weighted by atomic mass is 79.9. The number of thiophene rings is 1. The molecule has 8 heteroatoms. The summed E-state index contributed by atoms with van der Waals surface area (Å²) >= 11 is 7.34. The number of rotatable bonds is 2. The van der Waals surface area contributed by atoms with Gasteiger partial charge in [-0.25, -0.2) is 4.39 Å². The maximum atomic E-state index is 13.6. The Hall–Kier alpha value is -0.730. The SMILES string of the molecule is O=C(c1cc(Br)c(Br)s1)c1cc(C(F)(F)F)ccc1F. The van der Waals surface area contributed by atoms with Crippen molar-refractivity contribution in [1.29, 1.82) is 0 Å². The van der Waals surface area contributed by atoms with Crippen LogP contribution in [-0.2, 0) is 6.18 Å². The molecular weight excluding hydrogens is 428 g/mol. The van der Waals surface area contributed by atoms with Crippen molar-refractivity contribution in [2.24, 2.45) is 0 Å². The number of benzene rings is 1. The van der Waals surface area contributed by atoms with Gasteiger partial charge in [0, 0.05) is 4.47 Å². The molecule has 20 heavy (non-hydrogen) atoms. The summed E-state index contributed by atoms with van der Waals surface area (Å²) in [6.07, 6.45) is -4.63. The van der Waals surface area contributed by atoms with Gasteiger partial charge in [-0.05, 0) is 56.1 Å². The molecule has 0 unspecified atom stereocenters. The molecule has 0 aliphatic heterocycles. The van der Waals surface area contributed by atoms with E-state index in [0.29, 0.717) is 26.5 Å². The highest BCUT2D eigenvalue weighted by molar-refractivity contribution is 9.13. The van der Waals surface area contributed by atoms with Gasteiger partial charge >= 0.3 is 6.18 Å². The van der Waals surface area contributed by atoms with E-state index in [0.717, 1.165) is 11.3 Å². The van der Waals surface area contributed by atoms with Crippen LogP contribution in [0, 0.1) is 5.82 Å². The van der Waals surface area contributed by atoms with Crippen LogP contribution >= 0.6 is 43.2 Å². The van der Waals surface area contributed by atoms with Gasteiger partial charge in [0.2, 0.25) is 5.78 Å². The molecule has 0 aliphatic rings. The molecule has 1 aromatic heterocycles. The molecule has 1 aromatic carbocycles. The van der Waals surface area contributed by atoms with Crippen LogP contribution in [0.4, 0.5) is 17.6 Å². The number of carbonyl (C=O) groups is 1. The van der Waals surface area contributed by atoms with Crippen LogP contribution in [0.3, 0.4) is 0 Å². The Bertz CT molecular complexity index is 659. The molecule has 2 rings (SSSR count). The molecule has 1 nitrogen and oxygen atoms in total. The van der Waals surface area contributed by atoms with Gasteiger partial charge in [0.15, 0.2) is 0 Å². The third kappa shape index (κ3) is 3.12. The molecule has 0 saturated heterocycles. The zero-order chi connectivity index (χ0) is 15.1. The molecule has 0 N–H and O–H groups in total. The van der Waals surface area contributed by atoms with Gasteiger partial charge in [-0.1, -0.05) is 0 Å². The van der Waals surface area contributed by atoms with Crippen molar-refractivity contribution in [3.8, 4) is 0 Å². The molecule has 0 saturated carbocycles. The van der Waals surface area contributed by atoms with E-state index >= 15 is 0 Å². The second-order valence-electron chi connectivity index (χ2n) is 3.75. The number of hydrogen-bond donors (Lipinski definition) is 0. The van der Waals surface area contributed by atoms with E-state index in [2.05, 4.69) is 31.9 Å². The summed E-state index contributed by atoms with van der Waals surface area (Å²) in [5, 5.41) is 0. The fourth-order valence-corrected chi connectivity index (χ4v) is 3.46. The van der Waals surface area contributed by atoms with Gasteiger partial charge in [0.25, 0.3) is 0 Å². The van der Waals surface area contributed by atoms with Crippen molar-refractivity contribution >= 4 is 49.0 Å². The van der Waals surface area contributed by atoms with Crippen LogP contribution in [0.25, 0.3) is 0 Å². The van der Waals surface area contributed by atoms with Crippen molar-refractivity contribution in [3.05, 3.63) is 54.3 Å². The molecule has 0 atom stereocenters. The number of alkyl halides is 3. The Kier molecular flexibility index (Phi) is 4.36. The van der Waals surface area contributed by atoms with Crippen molar-refractivity contribution < 1.29 is 22.4 Å². The Balaban J connectivity index is 2.49. The zero-order valence-electron chi connectivity index (χ0n) is 9.39. The van der Waals surface area contributed by atoms with Crippen molar-refractivity contribution in [3.63, 3.8) is 0 Å². The van der Waals surface area contributed by atoms with Gasteiger partial charge in [-0.15, -0.1) is 11.3 Å². The summed E-state index contributed by atoms with van der Waals surface area (Å²) in [5.41, 5.74) is -1.65. The van der Waals surface area contributed by atoms with Gasteiger partial charge < -0.3 is 0 Å². The maximum absolute atomic E-state index is 13.6. The summed E-state index contributed by atoms with van der Waals surface area (Å²) < 4.78 is 52.5. The van der Waals surface area contributed by atoms with Gasteiger partial charge in [0.05, 0.1) is 19.8 Å². The van der Waals surface area contributed by atoms with Gasteiger partial charge in [0.1, 0.15) is 5.82 Å². The standard InChI is InChI=1S/C12H4Br2F4OS/c13-7-4-9(20-11(7)14)10(19)6-3-5(12(16,17)18)1-2-8(6)15/h1-4H. The quantitative estimate of drug-likeness (QED) is 0.442. The lowest BCUT2D eigenvalue weighted by Gasteiger charge is -2.08. The first-order valence-electron chi connectivity index (χ1n) is 5.06. The summed E-state index contributed by atoms with van der Waals surface area (Å²) in [6, 6.07) is 3.20. The second-order valence-corrected chi connectivity index (χ2v) is 6.98. The first kappa shape index (κ1) is 15.7. The van der Waals surface area contributed by atoms with Crippen LogP contribution < -0.4 is 0 Å². The molecule has 0 fully saturated rings. The number of ketones is 1. The maximum Gasteiger partial charge on any atom is 0.416 e. The van der Waals surface area contributed by atoms with E-state index in [4.69, 9.17) is 0 Å². The number of carbonyl (C=O) groups excluding carboxylic acids is 1. The van der Waals surface area contributed by atoms with Crippen molar-refractivity contribution in [2.45, 2.75) is 6.18 Å². The van der Waals surface area contributed by atoms with E-state index in [1.54, 1.807) is 0 Å². The predicted octanol–water partition coefficient (Wildman–Crippen LogP) is 5.66. The van der Waals surface area contributed by atoms with Crippen molar-refractivity contribution in [1.82, 2.24) is 0 Å². The van der Waals surface area contributed by atoms with E-state index in [1.165, 1.54) is 6.07 Å². The topological polar surface area (TPSA) is 17.1 Å². The van der Waals surface area contributed by atoms with E-state index in [9.17, 15) is 22.4 Å². The molecule has 0 radical (unpaired) electrons. The average Bonchev–Trinajstić information content (AvgIpc) is 2.68. The minimum Gasteiger partial charge on any atom is -0.288 e. The van der Waals surface area contributed by atoms with Crippen molar-refractivity contribution in [2.75, 3.05) is 0 Å². The van der Waals surface area contributed by atoms with Gasteiger partial charge in [-0.2, -0.15) is 13.2 Å². The normalized spacial score (nSPS) is 11.7. The summed E-state index contributed by atoms with van der Waals surface area (Å²) in [5.74, 6) is -1.77. The molecular formula is C12H4Br2F4OS. The van der Waals surface area contributed by atoms with Gasteiger partial charge in [-0.3, -0.25) is 4.79 Å². The van der Waals surface area contributed by atoms with Crippen LogP contribution in [0.15, 0.2) is 32.5 Å². The monoisotopic (exact) mass is 430 g/mol. The second kappa shape index (κ2) is 5.57. The number of halogens is 6. The fourth-order valence-electron chi connectivity index (χ4n) is 1.47. The Morgan fingerprint density at radius 1 is 1.15 bits per heavy atom. The highest BCUT2D eigenvalue weighted by Crippen LogP contribution is 2.35. The minimum atomic E-state index is -4.63. The molecule has 0 amide bonds. The summed E-state index contributed by atoms with van der Waals surface area (Å²) in [4.78, 5) is 12.2. The van der Waals surface area contributed by atoms with Crippen LogP contribution in [0.1, 0.15) is 20.8 Å². The predicted molar refractivity (Wildman–Crippen MR) is 74.6 cm³/mol. The molecule has 0 bridgehead atoms. The smallest absolute Gasteiger partial charge is 0.288 e. The Labute approximate surface area is 131 Å². The summed E-state index contributed by atoms with van der Waals surface area (Å²) in [6.45, 7) is 0. The van der Waals surface area contributed by atoms with Crippen LogP contribution in [0.2, 0.25) is 0 Å². The van der Waals surface area contributed by atoms with Crippen LogP contribution in [0.5, 0.6) is 0 Å². The molecule has 0 aliphatic carbocycles. The molecule has 106 valence electrons. The third-order valence-electron chi connectivity index (χ3n) is 2.41. The molecule has 1 heterocycles. The zero-order valence-corrected chi connectivity index (χ0v) is 13.4. The lowest BCUT2D eigenvalue weighted by atomic mass is 10.1. The fraction of sp³-hybridized carbons (Fsp3) is 0.0833. The van der Waals surface area contributed by atoms with Crippen LogP contribution in [-0.4, -0.2) is 5.78 Å². The number of hydrogen-bond acceptors (Lipinski definition) is 2. The molecule has 0 spiro atoms. The first-order valence-corrected chi connectivity index (χ1v) is 7.46.